The standard InChI is InChI=1S/C12H22N2O2/c1-10(2)4-7-14-9-12(16-11(14)15)5-3-6-13-8-12/h10,13H,3-9H2,1-2H3. The summed E-state index contributed by atoms with van der Waals surface area (Å²) in [6.45, 7) is 7.82. The van der Waals surface area contributed by atoms with Crippen LogP contribution in [-0.4, -0.2) is 42.8 Å². The van der Waals surface area contributed by atoms with Crippen LogP contribution < -0.4 is 5.32 Å². The third-order valence-electron chi connectivity index (χ3n) is 3.45. The van der Waals surface area contributed by atoms with E-state index in [1.807, 2.05) is 4.90 Å². The first-order valence-electron chi connectivity index (χ1n) is 6.30. The van der Waals surface area contributed by atoms with Gasteiger partial charge in [0.25, 0.3) is 0 Å². The van der Waals surface area contributed by atoms with Crippen LogP contribution >= 0.6 is 0 Å². The molecule has 0 saturated carbocycles. The van der Waals surface area contributed by atoms with E-state index in [2.05, 4.69) is 19.2 Å². The van der Waals surface area contributed by atoms with E-state index in [1.165, 1.54) is 0 Å². The summed E-state index contributed by atoms with van der Waals surface area (Å²) >= 11 is 0. The summed E-state index contributed by atoms with van der Waals surface area (Å²) in [5.41, 5.74) is -0.230. The van der Waals surface area contributed by atoms with E-state index in [9.17, 15) is 4.79 Å². The molecule has 0 radical (unpaired) electrons. The summed E-state index contributed by atoms with van der Waals surface area (Å²) < 4.78 is 5.56. The first kappa shape index (κ1) is 11.7. The fourth-order valence-electron chi connectivity index (χ4n) is 2.44. The zero-order valence-corrected chi connectivity index (χ0v) is 10.3. The Bertz CT molecular complexity index is 260. The predicted molar refractivity (Wildman–Crippen MR) is 62.3 cm³/mol. The number of hydrogen-bond acceptors (Lipinski definition) is 3. The molecule has 1 amide bonds. The minimum absolute atomic E-state index is 0.121. The maximum atomic E-state index is 11.7. The molecule has 0 bridgehead atoms. The van der Waals surface area contributed by atoms with Gasteiger partial charge in [0.15, 0.2) is 0 Å². The van der Waals surface area contributed by atoms with Crippen molar-refractivity contribution in [3.8, 4) is 0 Å². The number of carbonyl (C=O) groups excluding carboxylic acids is 1. The highest BCUT2D eigenvalue weighted by Gasteiger charge is 2.45. The lowest BCUT2D eigenvalue weighted by Crippen LogP contribution is -2.48. The van der Waals surface area contributed by atoms with Gasteiger partial charge in [-0.05, 0) is 31.7 Å². The van der Waals surface area contributed by atoms with E-state index < -0.39 is 0 Å². The van der Waals surface area contributed by atoms with E-state index in [1.54, 1.807) is 0 Å². The molecule has 92 valence electrons. The van der Waals surface area contributed by atoms with Crippen molar-refractivity contribution >= 4 is 6.09 Å². The van der Waals surface area contributed by atoms with E-state index in [4.69, 9.17) is 4.74 Å². The number of nitrogens with one attached hydrogen (secondary N) is 1. The molecule has 2 fully saturated rings. The monoisotopic (exact) mass is 226 g/mol. The van der Waals surface area contributed by atoms with E-state index in [0.29, 0.717) is 5.92 Å². The van der Waals surface area contributed by atoms with Gasteiger partial charge >= 0.3 is 6.09 Å². The number of nitrogens with zero attached hydrogens (tertiary/aromatic N) is 1. The van der Waals surface area contributed by atoms with Gasteiger partial charge in [0, 0.05) is 13.1 Å². The van der Waals surface area contributed by atoms with Crippen LogP contribution in [-0.2, 0) is 4.74 Å². The third kappa shape index (κ3) is 2.48. The van der Waals surface area contributed by atoms with Gasteiger partial charge in [-0.3, -0.25) is 0 Å². The molecule has 2 heterocycles. The summed E-state index contributed by atoms with van der Waals surface area (Å²) in [4.78, 5) is 13.6. The van der Waals surface area contributed by atoms with Gasteiger partial charge in [0.2, 0.25) is 0 Å². The second-order valence-corrected chi connectivity index (χ2v) is 5.44. The molecular formula is C12H22N2O2. The summed E-state index contributed by atoms with van der Waals surface area (Å²) in [5.74, 6) is 0.633. The van der Waals surface area contributed by atoms with Crippen molar-refractivity contribution in [3.63, 3.8) is 0 Å². The van der Waals surface area contributed by atoms with Crippen molar-refractivity contribution in [2.75, 3.05) is 26.2 Å². The molecule has 0 aromatic carbocycles. The van der Waals surface area contributed by atoms with E-state index in [-0.39, 0.29) is 11.7 Å². The highest BCUT2D eigenvalue weighted by atomic mass is 16.6. The Morgan fingerprint density at radius 3 is 3.00 bits per heavy atom. The summed E-state index contributed by atoms with van der Waals surface area (Å²) in [6.07, 6.45) is 3.04. The molecule has 2 saturated heterocycles. The van der Waals surface area contributed by atoms with Crippen LogP contribution in [0.4, 0.5) is 4.79 Å². The molecule has 0 aromatic rings. The second-order valence-electron chi connectivity index (χ2n) is 5.44. The van der Waals surface area contributed by atoms with Crippen LogP contribution in [0.25, 0.3) is 0 Å². The smallest absolute Gasteiger partial charge is 0.410 e. The van der Waals surface area contributed by atoms with E-state index >= 15 is 0 Å². The fourth-order valence-corrected chi connectivity index (χ4v) is 2.44. The number of rotatable bonds is 3. The molecule has 4 heteroatoms. The van der Waals surface area contributed by atoms with Gasteiger partial charge in [0.05, 0.1) is 6.54 Å². The maximum absolute atomic E-state index is 11.7. The van der Waals surface area contributed by atoms with Gasteiger partial charge in [-0.15, -0.1) is 0 Å². The van der Waals surface area contributed by atoms with Crippen LogP contribution in [0.2, 0.25) is 0 Å². The molecule has 0 aromatic heterocycles. The number of piperidine rings is 1. The number of amides is 1. The van der Waals surface area contributed by atoms with Crippen LogP contribution in [0, 0.1) is 5.92 Å². The molecule has 16 heavy (non-hydrogen) atoms. The van der Waals surface area contributed by atoms with Crippen LogP contribution in [0.1, 0.15) is 33.1 Å². The zero-order valence-electron chi connectivity index (χ0n) is 10.3. The lowest BCUT2D eigenvalue weighted by molar-refractivity contribution is 0.0366. The molecule has 1 N–H and O–H groups in total. The lowest BCUT2D eigenvalue weighted by atomic mass is 9.94. The molecule has 2 aliphatic rings. The normalized spacial score (nSPS) is 30.2. The van der Waals surface area contributed by atoms with Gasteiger partial charge in [-0.2, -0.15) is 0 Å². The Labute approximate surface area is 97.3 Å². The molecule has 1 unspecified atom stereocenters. The SMILES string of the molecule is CC(C)CCN1CC2(CCCNC2)OC1=O. The summed E-state index contributed by atoms with van der Waals surface area (Å²) in [7, 11) is 0. The van der Waals surface area contributed by atoms with Crippen molar-refractivity contribution in [1.82, 2.24) is 10.2 Å². The second kappa shape index (κ2) is 4.62. The molecule has 1 atom stereocenters. The van der Waals surface area contributed by atoms with Crippen LogP contribution in [0.5, 0.6) is 0 Å². The van der Waals surface area contributed by atoms with Crippen molar-refractivity contribution in [1.29, 1.82) is 0 Å². The average Bonchev–Trinajstić information content (AvgIpc) is 2.53. The summed E-state index contributed by atoms with van der Waals surface area (Å²) in [6, 6.07) is 0. The first-order chi connectivity index (χ1) is 7.61. The Kier molecular flexibility index (Phi) is 3.38. The highest BCUT2D eigenvalue weighted by Crippen LogP contribution is 2.29. The van der Waals surface area contributed by atoms with Gasteiger partial charge in [-0.25, -0.2) is 4.79 Å². The molecule has 2 aliphatic heterocycles. The minimum Gasteiger partial charge on any atom is -0.440 e. The summed E-state index contributed by atoms with van der Waals surface area (Å²) in [5, 5.41) is 3.32. The highest BCUT2D eigenvalue weighted by molar-refractivity contribution is 5.70. The maximum Gasteiger partial charge on any atom is 0.410 e. The minimum atomic E-state index is -0.230. The molecular weight excluding hydrogens is 204 g/mol. The Morgan fingerprint density at radius 2 is 2.38 bits per heavy atom. The third-order valence-corrected chi connectivity index (χ3v) is 3.45. The quantitative estimate of drug-likeness (QED) is 0.795. The van der Waals surface area contributed by atoms with Crippen LogP contribution in [0.15, 0.2) is 0 Å². The van der Waals surface area contributed by atoms with Crippen molar-refractivity contribution in [2.45, 2.75) is 38.7 Å². The lowest BCUT2D eigenvalue weighted by Gasteiger charge is -2.31. The number of hydrogen-bond donors (Lipinski definition) is 1. The number of carbonyl (C=O) groups is 1. The van der Waals surface area contributed by atoms with Crippen molar-refractivity contribution < 1.29 is 9.53 Å². The van der Waals surface area contributed by atoms with Gasteiger partial charge in [0.1, 0.15) is 5.60 Å². The predicted octanol–water partition coefficient (Wildman–Crippen LogP) is 1.61. The van der Waals surface area contributed by atoms with Crippen LogP contribution in [0.3, 0.4) is 0 Å². The van der Waals surface area contributed by atoms with Crippen molar-refractivity contribution in [2.24, 2.45) is 5.92 Å². The van der Waals surface area contributed by atoms with E-state index in [0.717, 1.165) is 45.4 Å². The molecule has 1 spiro atoms. The fraction of sp³-hybridized carbons (Fsp3) is 0.917. The Hall–Kier alpha value is -0.770. The molecule has 0 aliphatic carbocycles. The van der Waals surface area contributed by atoms with Gasteiger partial charge in [-0.1, -0.05) is 13.8 Å². The largest absolute Gasteiger partial charge is 0.440 e. The molecule has 2 rings (SSSR count). The average molecular weight is 226 g/mol. The van der Waals surface area contributed by atoms with Crippen molar-refractivity contribution in [3.05, 3.63) is 0 Å². The number of ether oxygens (including phenoxy) is 1. The van der Waals surface area contributed by atoms with Gasteiger partial charge < -0.3 is 15.0 Å². The topological polar surface area (TPSA) is 41.6 Å². The molecule has 4 nitrogen and oxygen atoms in total. The zero-order chi connectivity index (χ0) is 11.6. The first-order valence-corrected chi connectivity index (χ1v) is 6.30. The Morgan fingerprint density at radius 1 is 1.56 bits per heavy atom. The Balaban J connectivity index is 1.90.